The molecule has 1 aliphatic heterocycles. The molecular formula is C14H27NO. The van der Waals surface area contributed by atoms with Gasteiger partial charge in [0.25, 0.3) is 0 Å². The van der Waals surface area contributed by atoms with Crippen LogP contribution in [0.2, 0.25) is 0 Å². The van der Waals surface area contributed by atoms with Crippen LogP contribution in [0.5, 0.6) is 0 Å². The van der Waals surface area contributed by atoms with Gasteiger partial charge in [0.05, 0.1) is 6.10 Å². The van der Waals surface area contributed by atoms with Crippen molar-refractivity contribution in [3.05, 3.63) is 0 Å². The van der Waals surface area contributed by atoms with Gasteiger partial charge in [-0.2, -0.15) is 0 Å². The molecule has 1 N–H and O–H groups in total. The largest absolute Gasteiger partial charge is 0.378 e. The Hall–Kier alpha value is -0.0800. The predicted molar refractivity (Wildman–Crippen MR) is 67.6 cm³/mol. The first-order valence-electron chi connectivity index (χ1n) is 7.14. The molecule has 0 aromatic carbocycles. The van der Waals surface area contributed by atoms with Gasteiger partial charge >= 0.3 is 0 Å². The van der Waals surface area contributed by atoms with E-state index in [2.05, 4.69) is 19.2 Å². The smallest absolute Gasteiger partial charge is 0.0613 e. The third-order valence-electron chi connectivity index (χ3n) is 4.35. The Kier molecular flexibility index (Phi) is 4.66. The van der Waals surface area contributed by atoms with Gasteiger partial charge in [-0.1, -0.05) is 26.7 Å². The molecule has 1 aliphatic carbocycles. The molecule has 0 spiro atoms. The fourth-order valence-electron chi connectivity index (χ4n) is 3.32. The molecule has 0 aromatic heterocycles. The molecular weight excluding hydrogens is 198 g/mol. The fourth-order valence-corrected chi connectivity index (χ4v) is 3.32. The Morgan fingerprint density at radius 3 is 2.88 bits per heavy atom. The van der Waals surface area contributed by atoms with Crippen LogP contribution < -0.4 is 5.32 Å². The fraction of sp³-hybridized carbons (Fsp3) is 1.00. The van der Waals surface area contributed by atoms with Crippen molar-refractivity contribution in [2.24, 2.45) is 11.8 Å². The van der Waals surface area contributed by atoms with Crippen molar-refractivity contribution in [3.8, 4) is 0 Å². The van der Waals surface area contributed by atoms with Gasteiger partial charge in [-0.15, -0.1) is 0 Å². The molecule has 4 atom stereocenters. The number of ether oxygens (including phenoxy) is 1. The second kappa shape index (κ2) is 6.02. The van der Waals surface area contributed by atoms with Gasteiger partial charge in [0.15, 0.2) is 0 Å². The highest BCUT2D eigenvalue weighted by Gasteiger charge is 2.27. The average Bonchev–Trinajstić information content (AvgIpc) is 2.74. The maximum atomic E-state index is 5.74. The summed E-state index contributed by atoms with van der Waals surface area (Å²) in [6, 6.07) is 0.779. The standard InChI is InChI=1S/C14H27NO/c1-3-14-12(7-8-16-14)10-15-13-6-4-5-11(2)9-13/h11-15H,3-10H2,1-2H3. The number of hydrogen-bond acceptors (Lipinski definition) is 2. The third kappa shape index (κ3) is 3.21. The zero-order valence-corrected chi connectivity index (χ0v) is 10.9. The van der Waals surface area contributed by atoms with Crippen molar-refractivity contribution in [1.82, 2.24) is 5.32 Å². The number of nitrogens with one attached hydrogen (secondary N) is 1. The van der Waals surface area contributed by atoms with Crippen LogP contribution >= 0.6 is 0 Å². The van der Waals surface area contributed by atoms with E-state index in [-0.39, 0.29) is 0 Å². The molecule has 0 radical (unpaired) electrons. The molecule has 2 aliphatic rings. The molecule has 1 heterocycles. The van der Waals surface area contributed by atoms with E-state index in [1.165, 1.54) is 45.1 Å². The Labute approximate surface area is 100 Å². The molecule has 0 bridgehead atoms. The van der Waals surface area contributed by atoms with E-state index in [9.17, 15) is 0 Å². The normalized spacial score (nSPS) is 40.1. The summed E-state index contributed by atoms with van der Waals surface area (Å²) < 4.78 is 5.74. The highest BCUT2D eigenvalue weighted by atomic mass is 16.5. The minimum absolute atomic E-state index is 0.522. The van der Waals surface area contributed by atoms with Crippen molar-refractivity contribution in [2.75, 3.05) is 13.2 Å². The number of rotatable bonds is 4. The molecule has 2 fully saturated rings. The maximum absolute atomic E-state index is 5.74. The minimum Gasteiger partial charge on any atom is -0.378 e. The van der Waals surface area contributed by atoms with E-state index in [0.29, 0.717) is 6.10 Å². The monoisotopic (exact) mass is 225 g/mol. The van der Waals surface area contributed by atoms with E-state index < -0.39 is 0 Å². The highest BCUT2D eigenvalue weighted by molar-refractivity contribution is 4.81. The Bertz CT molecular complexity index is 207. The van der Waals surface area contributed by atoms with Crippen molar-refractivity contribution < 1.29 is 4.74 Å². The summed E-state index contributed by atoms with van der Waals surface area (Å²) in [6.45, 7) is 6.79. The lowest BCUT2D eigenvalue weighted by molar-refractivity contribution is 0.0859. The van der Waals surface area contributed by atoms with Crippen molar-refractivity contribution in [1.29, 1.82) is 0 Å². The second-order valence-electron chi connectivity index (χ2n) is 5.74. The van der Waals surface area contributed by atoms with E-state index in [1.54, 1.807) is 0 Å². The number of hydrogen-bond donors (Lipinski definition) is 1. The summed E-state index contributed by atoms with van der Waals surface area (Å²) in [7, 11) is 0. The van der Waals surface area contributed by atoms with Crippen molar-refractivity contribution in [3.63, 3.8) is 0 Å². The van der Waals surface area contributed by atoms with Gasteiger partial charge < -0.3 is 10.1 Å². The summed E-state index contributed by atoms with van der Waals surface area (Å²) in [5.74, 6) is 1.69. The third-order valence-corrected chi connectivity index (χ3v) is 4.35. The van der Waals surface area contributed by atoms with Crippen LogP contribution in [0.25, 0.3) is 0 Å². The first-order chi connectivity index (χ1) is 7.79. The van der Waals surface area contributed by atoms with E-state index in [1.807, 2.05) is 0 Å². The topological polar surface area (TPSA) is 21.3 Å². The van der Waals surface area contributed by atoms with Crippen LogP contribution in [0.3, 0.4) is 0 Å². The summed E-state index contributed by atoms with van der Waals surface area (Å²) in [5.41, 5.74) is 0. The van der Waals surface area contributed by atoms with E-state index in [0.717, 1.165) is 24.5 Å². The van der Waals surface area contributed by atoms with Gasteiger partial charge in [-0.3, -0.25) is 0 Å². The SMILES string of the molecule is CCC1OCCC1CNC1CCCC(C)C1. The Balaban J connectivity index is 1.70. The van der Waals surface area contributed by atoms with Gasteiger partial charge in [-0.05, 0) is 37.5 Å². The van der Waals surface area contributed by atoms with Crippen LogP contribution in [0.1, 0.15) is 52.4 Å². The molecule has 2 heteroatoms. The minimum atomic E-state index is 0.522. The molecule has 94 valence electrons. The van der Waals surface area contributed by atoms with Crippen LogP contribution in [-0.2, 0) is 4.74 Å². The van der Waals surface area contributed by atoms with Gasteiger partial charge in [0, 0.05) is 19.2 Å². The first-order valence-corrected chi connectivity index (χ1v) is 7.14. The van der Waals surface area contributed by atoms with Gasteiger partial charge in [0.1, 0.15) is 0 Å². The first kappa shape index (κ1) is 12.4. The highest BCUT2D eigenvalue weighted by Crippen LogP contribution is 2.26. The lowest BCUT2D eigenvalue weighted by atomic mass is 9.86. The molecule has 2 nitrogen and oxygen atoms in total. The summed E-state index contributed by atoms with van der Waals surface area (Å²) in [6.07, 6.45) is 8.56. The van der Waals surface area contributed by atoms with Gasteiger partial charge in [0.2, 0.25) is 0 Å². The van der Waals surface area contributed by atoms with Gasteiger partial charge in [-0.25, -0.2) is 0 Å². The summed E-state index contributed by atoms with van der Waals surface area (Å²) in [5, 5.41) is 3.78. The average molecular weight is 225 g/mol. The van der Waals surface area contributed by atoms with Crippen molar-refractivity contribution >= 4 is 0 Å². The quantitative estimate of drug-likeness (QED) is 0.794. The lowest BCUT2D eigenvalue weighted by Crippen LogP contribution is -2.38. The molecule has 0 aromatic rings. The van der Waals surface area contributed by atoms with Crippen LogP contribution in [-0.4, -0.2) is 25.3 Å². The summed E-state index contributed by atoms with van der Waals surface area (Å²) in [4.78, 5) is 0. The molecule has 16 heavy (non-hydrogen) atoms. The van der Waals surface area contributed by atoms with Crippen LogP contribution in [0.15, 0.2) is 0 Å². The van der Waals surface area contributed by atoms with Crippen LogP contribution in [0.4, 0.5) is 0 Å². The molecule has 1 saturated carbocycles. The van der Waals surface area contributed by atoms with Crippen molar-refractivity contribution in [2.45, 2.75) is 64.5 Å². The maximum Gasteiger partial charge on any atom is 0.0613 e. The molecule has 4 unspecified atom stereocenters. The molecule has 2 rings (SSSR count). The zero-order valence-electron chi connectivity index (χ0n) is 10.9. The summed E-state index contributed by atoms with van der Waals surface area (Å²) >= 11 is 0. The molecule has 0 amide bonds. The lowest BCUT2D eigenvalue weighted by Gasteiger charge is -2.29. The second-order valence-corrected chi connectivity index (χ2v) is 5.74. The van der Waals surface area contributed by atoms with E-state index in [4.69, 9.17) is 4.74 Å². The molecule has 1 saturated heterocycles. The van der Waals surface area contributed by atoms with Crippen LogP contribution in [0, 0.1) is 11.8 Å². The van der Waals surface area contributed by atoms with E-state index >= 15 is 0 Å². The Morgan fingerprint density at radius 2 is 2.12 bits per heavy atom. The predicted octanol–water partition coefficient (Wildman–Crippen LogP) is 2.97. The Morgan fingerprint density at radius 1 is 1.25 bits per heavy atom. The zero-order chi connectivity index (χ0) is 11.4.